The Hall–Kier alpha value is -0.339. The van der Waals surface area contributed by atoms with Crippen LogP contribution < -0.4 is 51.4 Å². The zero-order valence-electron chi connectivity index (χ0n) is 13.3. The van der Waals surface area contributed by atoms with E-state index < -0.39 is 21.8 Å². The van der Waals surface area contributed by atoms with Crippen molar-refractivity contribution in [2.24, 2.45) is 0 Å². The first-order chi connectivity index (χ1) is 10.0. The van der Waals surface area contributed by atoms with E-state index in [0.29, 0.717) is 0 Å². The molecule has 0 heterocycles. The Balaban J connectivity index is -0.0000000347. The SMILES string of the molecule is C#N.F[B-](F)(F)F.F[B-](F)(F)F.F[B-](F)(F)F.O.[H-].[K+].c1ccccc1. The molecule has 0 unspecified atom stereocenters. The topological polar surface area (TPSA) is 55.3 Å². The zero-order valence-corrected chi connectivity index (χ0v) is 15.4. The third-order valence-corrected chi connectivity index (χ3v) is 0.667. The van der Waals surface area contributed by atoms with Crippen molar-refractivity contribution in [3.05, 3.63) is 36.4 Å². The molecule has 0 saturated carbocycles. The van der Waals surface area contributed by atoms with Gasteiger partial charge in [0.2, 0.25) is 0 Å². The fraction of sp³-hybridized carbons (Fsp3) is 0. The molecule has 0 aliphatic carbocycles. The van der Waals surface area contributed by atoms with Crippen molar-refractivity contribution in [1.82, 2.24) is 0 Å². The number of benzene rings is 1. The predicted octanol–water partition coefficient (Wildman–Crippen LogP) is 2.02. The molecule has 0 spiro atoms. The molecule has 0 radical (unpaired) electrons. The Kier molecular flexibility index (Phi) is 34.4. The van der Waals surface area contributed by atoms with E-state index in [1.165, 1.54) is 0 Å². The molecule has 1 rings (SSSR count). The Bertz CT molecular complexity index is 304. The van der Waals surface area contributed by atoms with Crippen LogP contribution in [0, 0.1) is 11.8 Å². The minimum absolute atomic E-state index is 0. The largest absolute Gasteiger partial charge is 1.00 e. The van der Waals surface area contributed by atoms with E-state index in [0.717, 1.165) is 0 Å². The Labute approximate surface area is 179 Å². The van der Waals surface area contributed by atoms with Crippen LogP contribution in [0.4, 0.5) is 51.8 Å². The molecule has 1 aromatic rings. The van der Waals surface area contributed by atoms with Gasteiger partial charge in [0.15, 0.2) is 0 Å². The van der Waals surface area contributed by atoms with Gasteiger partial charge in [-0.3, -0.25) is 0 Å². The van der Waals surface area contributed by atoms with E-state index in [4.69, 9.17) is 5.26 Å². The smallest absolute Gasteiger partial charge is 1.00 e. The molecule has 18 heteroatoms. The molecule has 2 N–H and O–H groups in total. The standard InChI is InChI=1S/C6H6.CHN.3BF4.K.H2O.H/c1-2-4-6-5-3-1;1-2;3*2-1(3,4)5;;;/h1-6H;1H;;;;;1H2;/q;;3*-1;+1;;-1. The molecule has 0 bridgehead atoms. The molecule has 0 atom stereocenters. The van der Waals surface area contributed by atoms with E-state index in [1.54, 1.807) is 0 Å². The summed E-state index contributed by atoms with van der Waals surface area (Å²) in [6, 6.07) is 12.0. The second-order valence-electron chi connectivity index (χ2n) is 2.64. The number of hydrogen-bond donors (Lipinski definition) is 0. The van der Waals surface area contributed by atoms with Gasteiger partial charge in [0, 0.05) is 6.57 Å². The van der Waals surface area contributed by atoms with Crippen LogP contribution in [-0.4, -0.2) is 27.2 Å². The van der Waals surface area contributed by atoms with E-state index in [-0.39, 0.29) is 58.3 Å². The van der Waals surface area contributed by atoms with Crippen molar-refractivity contribution < 1.29 is 110 Å². The van der Waals surface area contributed by atoms with E-state index in [1.807, 2.05) is 36.4 Å². The minimum atomic E-state index is -6.00. The first kappa shape index (κ1) is 39.6. The first-order valence-corrected chi connectivity index (χ1v) is 4.88. The summed E-state index contributed by atoms with van der Waals surface area (Å²) in [5.41, 5.74) is 0. The molecular weight excluding hydrogens is 414 g/mol. The van der Waals surface area contributed by atoms with Gasteiger partial charge >= 0.3 is 73.1 Å². The monoisotopic (exact) mass is 424 g/mol. The molecule has 0 amide bonds. The number of rotatable bonds is 0. The third kappa shape index (κ3) is 346. The van der Waals surface area contributed by atoms with Crippen molar-refractivity contribution in [2.75, 3.05) is 0 Å². The van der Waals surface area contributed by atoms with Crippen LogP contribution in [0.5, 0.6) is 0 Å². The predicted molar refractivity (Wildman–Crippen MR) is 68.4 cm³/mol. The van der Waals surface area contributed by atoms with Crippen LogP contribution >= 0.6 is 0 Å². The van der Waals surface area contributed by atoms with Crippen LogP contribution in [0.2, 0.25) is 0 Å². The number of nitrogens with zero attached hydrogens (tertiary/aromatic N) is 1. The van der Waals surface area contributed by atoms with E-state index >= 15 is 0 Å². The van der Waals surface area contributed by atoms with Crippen molar-refractivity contribution in [1.29, 1.82) is 5.26 Å². The average Bonchev–Trinajstić information content (AvgIpc) is 2.27. The summed E-state index contributed by atoms with van der Waals surface area (Å²) in [7, 11) is -18.0. The van der Waals surface area contributed by atoms with Crippen LogP contribution in [0.15, 0.2) is 36.4 Å². The first-order valence-electron chi connectivity index (χ1n) is 4.88. The summed E-state index contributed by atoms with van der Waals surface area (Å²) in [5.74, 6) is 0. The van der Waals surface area contributed by atoms with Crippen LogP contribution in [0.1, 0.15) is 1.43 Å². The Morgan fingerprint density at radius 2 is 0.520 bits per heavy atom. The van der Waals surface area contributed by atoms with Crippen LogP contribution in [0.3, 0.4) is 0 Å². The van der Waals surface area contributed by atoms with Gasteiger partial charge < -0.3 is 58.7 Å². The van der Waals surface area contributed by atoms with Crippen LogP contribution in [0.25, 0.3) is 0 Å². The minimum Gasteiger partial charge on any atom is -1.00 e. The van der Waals surface area contributed by atoms with Crippen molar-refractivity contribution in [2.45, 2.75) is 0 Å². The third-order valence-electron chi connectivity index (χ3n) is 0.667. The molecule has 1 aromatic carbocycles. The number of nitriles is 1. The van der Waals surface area contributed by atoms with Gasteiger partial charge in [0.25, 0.3) is 0 Å². The van der Waals surface area contributed by atoms with Gasteiger partial charge in [-0.25, -0.2) is 5.26 Å². The maximum atomic E-state index is 9.75. The molecule has 0 fully saturated rings. The summed E-state index contributed by atoms with van der Waals surface area (Å²) < 4.78 is 117. The summed E-state index contributed by atoms with van der Waals surface area (Å²) in [6.07, 6.45) is 0. The molecule has 0 aliphatic heterocycles. The van der Waals surface area contributed by atoms with Gasteiger partial charge in [-0.1, -0.05) is 36.4 Å². The van der Waals surface area contributed by atoms with Gasteiger partial charge in [-0.05, 0) is 0 Å². The normalized spacial score (nSPS) is 9.20. The second-order valence-corrected chi connectivity index (χ2v) is 2.64. The van der Waals surface area contributed by atoms with E-state index in [2.05, 4.69) is 6.57 Å². The van der Waals surface area contributed by atoms with Crippen molar-refractivity contribution in [3.63, 3.8) is 0 Å². The maximum Gasteiger partial charge on any atom is 1.00 e. The number of halogens is 12. The van der Waals surface area contributed by atoms with Crippen LogP contribution in [-0.2, 0) is 0 Å². The van der Waals surface area contributed by atoms with Gasteiger partial charge in [0.05, 0.1) is 0 Å². The quantitative estimate of drug-likeness (QED) is 0.465. The Morgan fingerprint density at radius 1 is 0.480 bits per heavy atom. The molecule has 2 nitrogen and oxygen atoms in total. The molecular formula is C7H10B3F12KNO-3. The Morgan fingerprint density at radius 3 is 0.560 bits per heavy atom. The number of hydrogen-bond acceptors (Lipinski definition) is 1. The van der Waals surface area contributed by atoms with Gasteiger partial charge in [-0.15, -0.1) is 0 Å². The second kappa shape index (κ2) is 21.7. The van der Waals surface area contributed by atoms with Crippen molar-refractivity contribution in [3.8, 4) is 6.57 Å². The van der Waals surface area contributed by atoms with E-state index in [9.17, 15) is 51.8 Å². The van der Waals surface area contributed by atoms with Gasteiger partial charge in [0.1, 0.15) is 0 Å². The molecule has 0 aliphatic rings. The summed E-state index contributed by atoms with van der Waals surface area (Å²) in [5, 5.41) is 6.50. The fourth-order valence-corrected chi connectivity index (χ4v) is 0.385. The molecule has 0 saturated heterocycles. The average molecular weight is 424 g/mol. The molecule has 25 heavy (non-hydrogen) atoms. The van der Waals surface area contributed by atoms with Gasteiger partial charge in [-0.2, -0.15) is 0 Å². The molecule has 0 aromatic heterocycles. The summed E-state index contributed by atoms with van der Waals surface area (Å²) in [6.45, 7) is 3.50. The maximum absolute atomic E-state index is 9.75. The summed E-state index contributed by atoms with van der Waals surface area (Å²) in [4.78, 5) is 0. The fourth-order valence-electron chi connectivity index (χ4n) is 0.385. The molecule has 146 valence electrons. The zero-order chi connectivity index (χ0) is 19.7. The van der Waals surface area contributed by atoms with Crippen molar-refractivity contribution >= 4 is 21.8 Å². The summed E-state index contributed by atoms with van der Waals surface area (Å²) >= 11 is 0.